The molecule has 0 aliphatic heterocycles. The van der Waals surface area contributed by atoms with Crippen molar-refractivity contribution < 1.29 is 28.7 Å². The smallest absolute Gasteiger partial charge is 0.408 e. The average molecular weight is 555 g/mol. The molecule has 40 heavy (non-hydrogen) atoms. The lowest BCUT2D eigenvalue weighted by Crippen LogP contribution is -2.54. The molecule has 0 saturated carbocycles. The molecule has 218 valence electrons. The van der Waals surface area contributed by atoms with Crippen LogP contribution >= 0.6 is 0 Å². The minimum Gasteiger partial charge on any atom is -0.497 e. The Morgan fingerprint density at radius 2 is 1.62 bits per heavy atom. The third kappa shape index (κ3) is 9.29. The van der Waals surface area contributed by atoms with Crippen LogP contribution in [0.4, 0.5) is 10.5 Å². The fraction of sp³-hybridized carbons (Fsp3) is 0.467. The molecule has 2 aromatic rings. The van der Waals surface area contributed by atoms with E-state index in [-0.39, 0.29) is 12.8 Å². The Bertz CT molecular complexity index is 1200. The molecular formula is C30H42N4O6. The SMILES string of the molecule is COc1ccc(NC(=O)C(c2ccc(C)cc2C)N(C(=O)C(CCC(N)=O)NC(=O)OC(C)(C)C)C(C)C)cc1. The summed E-state index contributed by atoms with van der Waals surface area (Å²) in [5, 5.41) is 5.50. The molecular weight excluding hydrogens is 512 g/mol. The van der Waals surface area contributed by atoms with Gasteiger partial charge in [0.1, 0.15) is 23.4 Å². The van der Waals surface area contributed by atoms with Gasteiger partial charge >= 0.3 is 6.09 Å². The summed E-state index contributed by atoms with van der Waals surface area (Å²) in [4.78, 5) is 53.8. The lowest BCUT2D eigenvalue weighted by molar-refractivity contribution is -0.143. The van der Waals surface area contributed by atoms with E-state index in [1.54, 1.807) is 66.0 Å². The fourth-order valence-corrected chi connectivity index (χ4v) is 4.29. The standard InChI is InChI=1S/C30H42N4O6/c1-18(2)34(28(37)24(15-16-25(31)35)33-29(38)40-30(5,6)7)26(23-14-9-19(3)17-20(23)4)27(36)32-21-10-12-22(39-8)13-11-21/h9-14,17-18,24,26H,15-16H2,1-8H3,(H2,31,35)(H,32,36)(H,33,38). The number of ether oxygens (including phenoxy) is 2. The molecule has 0 saturated heterocycles. The molecule has 4 N–H and O–H groups in total. The highest BCUT2D eigenvalue weighted by Crippen LogP contribution is 2.30. The topological polar surface area (TPSA) is 140 Å². The number of nitrogens with two attached hydrogens (primary N) is 1. The number of carbonyl (C=O) groups excluding carboxylic acids is 4. The van der Waals surface area contributed by atoms with Crippen molar-refractivity contribution in [1.82, 2.24) is 10.2 Å². The maximum absolute atomic E-state index is 14.1. The number of methoxy groups -OCH3 is 1. The largest absolute Gasteiger partial charge is 0.497 e. The van der Waals surface area contributed by atoms with Crippen LogP contribution in [0.5, 0.6) is 5.75 Å². The number of hydrogen-bond donors (Lipinski definition) is 3. The van der Waals surface area contributed by atoms with Gasteiger partial charge in [-0.25, -0.2) is 4.79 Å². The molecule has 0 fully saturated rings. The molecule has 0 aliphatic rings. The van der Waals surface area contributed by atoms with Gasteiger partial charge in [0.25, 0.3) is 5.91 Å². The Morgan fingerprint density at radius 1 is 1.00 bits per heavy atom. The summed E-state index contributed by atoms with van der Waals surface area (Å²) < 4.78 is 10.6. The van der Waals surface area contributed by atoms with Crippen LogP contribution in [-0.2, 0) is 19.1 Å². The van der Waals surface area contributed by atoms with Gasteiger partial charge in [-0.3, -0.25) is 14.4 Å². The van der Waals surface area contributed by atoms with Crippen molar-refractivity contribution in [3.8, 4) is 5.75 Å². The van der Waals surface area contributed by atoms with Crippen LogP contribution in [0.3, 0.4) is 0 Å². The third-order valence-electron chi connectivity index (χ3n) is 6.08. The van der Waals surface area contributed by atoms with Crippen LogP contribution in [-0.4, -0.2) is 53.5 Å². The number of rotatable bonds is 11. The zero-order chi connectivity index (χ0) is 30.2. The molecule has 10 nitrogen and oxygen atoms in total. The summed E-state index contributed by atoms with van der Waals surface area (Å²) in [5.41, 5.74) is 7.54. The van der Waals surface area contributed by atoms with E-state index in [1.807, 2.05) is 32.0 Å². The number of hydrogen-bond acceptors (Lipinski definition) is 6. The predicted octanol–water partition coefficient (Wildman–Crippen LogP) is 4.39. The first-order valence-electron chi connectivity index (χ1n) is 13.2. The summed E-state index contributed by atoms with van der Waals surface area (Å²) >= 11 is 0. The number of benzene rings is 2. The number of aryl methyl sites for hydroxylation is 2. The number of nitrogens with one attached hydrogen (secondary N) is 2. The quantitative estimate of drug-likeness (QED) is 0.376. The third-order valence-corrected chi connectivity index (χ3v) is 6.08. The first kappa shape index (κ1) is 32.1. The van der Waals surface area contributed by atoms with Crippen molar-refractivity contribution in [2.24, 2.45) is 5.73 Å². The molecule has 0 aromatic heterocycles. The van der Waals surface area contributed by atoms with Crippen molar-refractivity contribution in [3.05, 3.63) is 59.2 Å². The molecule has 10 heteroatoms. The van der Waals surface area contributed by atoms with Crippen molar-refractivity contribution in [2.75, 3.05) is 12.4 Å². The van der Waals surface area contributed by atoms with Crippen molar-refractivity contribution in [2.45, 2.75) is 85.0 Å². The minimum absolute atomic E-state index is 0.0592. The Hall–Kier alpha value is -4.08. The Balaban J connectivity index is 2.56. The van der Waals surface area contributed by atoms with E-state index in [0.717, 1.165) is 11.1 Å². The number of amides is 4. The summed E-state index contributed by atoms with van der Waals surface area (Å²) in [6.07, 6.45) is -1.02. The molecule has 2 aromatic carbocycles. The van der Waals surface area contributed by atoms with Crippen LogP contribution in [0.1, 0.15) is 70.2 Å². The second kappa shape index (κ2) is 13.8. The second-order valence-electron chi connectivity index (χ2n) is 11.0. The summed E-state index contributed by atoms with van der Waals surface area (Å²) in [6, 6.07) is 9.82. The zero-order valence-electron chi connectivity index (χ0n) is 24.7. The van der Waals surface area contributed by atoms with Gasteiger partial charge in [0.05, 0.1) is 7.11 Å². The molecule has 0 radical (unpaired) electrons. The van der Waals surface area contributed by atoms with Gasteiger partial charge in [0.2, 0.25) is 11.8 Å². The van der Waals surface area contributed by atoms with E-state index < -0.39 is 47.5 Å². The van der Waals surface area contributed by atoms with E-state index in [1.165, 1.54) is 4.90 Å². The predicted molar refractivity (Wildman–Crippen MR) is 154 cm³/mol. The molecule has 2 atom stereocenters. The van der Waals surface area contributed by atoms with E-state index in [9.17, 15) is 19.2 Å². The van der Waals surface area contributed by atoms with Crippen molar-refractivity contribution in [3.63, 3.8) is 0 Å². The van der Waals surface area contributed by atoms with E-state index in [0.29, 0.717) is 17.0 Å². The molecule has 4 amide bonds. The minimum atomic E-state index is -1.16. The Morgan fingerprint density at radius 3 is 2.12 bits per heavy atom. The van der Waals surface area contributed by atoms with Crippen molar-refractivity contribution in [1.29, 1.82) is 0 Å². The lowest BCUT2D eigenvalue weighted by atomic mass is 9.95. The number of alkyl carbamates (subject to hydrolysis) is 1. The van der Waals surface area contributed by atoms with Crippen LogP contribution in [0.25, 0.3) is 0 Å². The van der Waals surface area contributed by atoms with Crippen LogP contribution in [0.15, 0.2) is 42.5 Å². The van der Waals surface area contributed by atoms with Gasteiger partial charge in [0, 0.05) is 18.2 Å². The lowest BCUT2D eigenvalue weighted by Gasteiger charge is -2.37. The number of nitrogens with zero attached hydrogens (tertiary/aromatic N) is 1. The molecule has 0 bridgehead atoms. The van der Waals surface area contributed by atoms with Crippen molar-refractivity contribution >= 4 is 29.5 Å². The van der Waals surface area contributed by atoms with Gasteiger partial charge in [0.15, 0.2) is 0 Å². The fourth-order valence-electron chi connectivity index (χ4n) is 4.29. The van der Waals surface area contributed by atoms with Crippen LogP contribution < -0.4 is 21.1 Å². The number of carbonyl (C=O) groups is 4. The number of primary amides is 1. The van der Waals surface area contributed by atoms with E-state index >= 15 is 0 Å². The Labute approximate surface area is 236 Å². The molecule has 0 spiro atoms. The van der Waals surface area contributed by atoms with Gasteiger partial charge < -0.3 is 30.7 Å². The van der Waals surface area contributed by atoms with E-state index in [4.69, 9.17) is 15.2 Å². The molecule has 0 heterocycles. The molecule has 2 unspecified atom stereocenters. The van der Waals surface area contributed by atoms with Gasteiger partial charge in [-0.1, -0.05) is 23.8 Å². The molecule has 2 rings (SSSR count). The maximum atomic E-state index is 14.1. The van der Waals surface area contributed by atoms with Gasteiger partial charge in [-0.05, 0) is 90.3 Å². The first-order chi connectivity index (χ1) is 18.6. The van der Waals surface area contributed by atoms with Gasteiger partial charge in [-0.2, -0.15) is 0 Å². The maximum Gasteiger partial charge on any atom is 0.408 e. The highest BCUT2D eigenvalue weighted by molar-refractivity contribution is 5.99. The van der Waals surface area contributed by atoms with Gasteiger partial charge in [-0.15, -0.1) is 0 Å². The highest BCUT2D eigenvalue weighted by atomic mass is 16.6. The average Bonchev–Trinajstić information content (AvgIpc) is 2.84. The first-order valence-corrected chi connectivity index (χ1v) is 13.2. The normalized spacial score (nSPS) is 12.7. The monoisotopic (exact) mass is 554 g/mol. The summed E-state index contributed by atoms with van der Waals surface area (Å²) in [6.45, 7) is 12.5. The highest BCUT2D eigenvalue weighted by Gasteiger charge is 2.38. The second-order valence-corrected chi connectivity index (χ2v) is 11.0. The summed E-state index contributed by atoms with van der Waals surface area (Å²) in [7, 11) is 1.55. The Kier molecular flexibility index (Phi) is 11.1. The molecule has 0 aliphatic carbocycles. The van der Waals surface area contributed by atoms with E-state index in [2.05, 4.69) is 10.6 Å². The summed E-state index contributed by atoms with van der Waals surface area (Å²) in [5.74, 6) is -0.974. The zero-order valence-corrected chi connectivity index (χ0v) is 24.7. The van der Waals surface area contributed by atoms with Crippen LogP contribution in [0.2, 0.25) is 0 Å². The van der Waals surface area contributed by atoms with Crippen LogP contribution in [0, 0.1) is 13.8 Å². The number of anilines is 1.